The van der Waals surface area contributed by atoms with Gasteiger partial charge in [0.25, 0.3) is 0 Å². The molecule has 2 aromatic rings. The van der Waals surface area contributed by atoms with Crippen LogP contribution in [-0.2, 0) is 4.79 Å². The number of pyridine rings is 1. The van der Waals surface area contributed by atoms with E-state index >= 15 is 0 Å². The number of hydrogen-bond acceptors (Lipinski definition) is 3. The summed E-state index contributed by atoms with van der Waals surface area (Å²) in [7, 11) is 0. The molecule has 0 unspecified atom stereocenters. The molecule has 3 fully saturated rings. The molecule has 1 aromatic heterocycles. The quantitative estimate of drug-likeness (QED) is 0.800. The van der Waals surface area contributed by atoms with Gasteiger partial charge in [-0.1, -0.05) is 6.42 Å². The topological polar surface area (TPSA) is 45.2 Å². The van der Waals surface area contributed by atoms with Crippen LogP contribution >= 0.6 is 0 Å². The molecule has 1 N–H and O–H groups in total. The zero-order valence-electron chi connectivity index (χ0n) is 17.0. The second-order valence-electron chi connectivity index (χ2n) is 9.31. The molecule has 1 aliphatic heterocycles. The van der Waals surface area contributed by atoms with Crippen LogP contribution in [0, 0.1) is 17.2 Å². The second kappa shape index (κ2) is 7.67. The maximum absolute atomic E-state index is 13.8. The molecular formula is C24H30FN3O. The highest BCUT2D eigenvalue weighted by Crippen LogP contribution is 2.58. The first-order chi connectivity index (χ1) is 14.1. The van der Waals surface area contributed by atoms with Crippen LogP contribution in [0.25, 0.3) is 10.9 Å². The molecule has 5 rings (SSSR count). The van der Waals surface area contributed by atoms with Crippen molar-refractivity contribution in [3.8, 4) is 0 Å². The number of benzene rings is 1. The number of nitrogens with zero attached hydrogens (tertiary/aromatic N) is 2. The predicted octanol–water partition coefficient (Wildman–Crippen LogP) is 4.95. The van der Waals surface area contributed by atoms with Crippen molar-refractivity contribution < 1.29 is 9.18 Å². The average molecular weight is 396 g/mol. The standard InChI is InChI=1S/C24H30FN3O/c25-18-4-5-22-20(16-18)19(9-13-26-22)17-6-10-24(11-7-17)12-8-21(24)23(29)27-28-14-2-1-3-15-28/h4-5,9,13,16-17,21H,1-3,6-8,10-12,14-15H2,(H,27,29)/t17-,21-,24+/m1/s1. The molecular weight excluding hydrogens is 365 g/mol. The van der Waals surface area contributed by atoms with Crippen LogP contribution < -0.4 is 5.43 Å². The highest BCUT2D eigenvalue weighted by molar-refractivity contribution is 5.82. The third-order valence-electron chi connectivity index (χ3n) is 7.77. The minimum Gasteiger partial charge on any atom is -0.289 e. The summed E-state index contributed by atoms with van der Waals surface area (Å²) in [6.45, 7) is 1.97. The Morgan fingerprint density at radius 2 is 1.83 bits per heavy atom. The van der Waals surface area contributed by atoms with E-state index in [-0.39, 0.29) is 23.1 Å². The van der Waals surface area contributed by atoms with Crippen molar-refractivity contribution in [2.24, 2.45) is 11.3 Å². The van der Waals surface area contributed by atoms with Crippen molar-refractivity contribution >= 4 is 16.8 Å². The van der Waals surface area contributed by atoms with Crippen LogP contribution in [0.1, 0.15) is 69.3 Å². The number of amides is 1. The first-order valence-electron chi connectivity index (χ1n) is 11.2. The molecule has 29 heavy (non-hydrogen) atoms. The van der Waals surface area contributed by atoms with E-state index in [0.717, 1.165) is 56.1 Å². The van der Waals surface area contributed by atoms with Gasteiger partial charge in [-0.15, -0.1) is 0 Å². The Hall–Kier alpha value is -2.01. The fourth-order valence-corrected chi connectivity index (χ4v) is 5.94. The van der Waals surface area contributed by atoms with Crippen LogP contribution in [0.3, 0.4) is 0 Å². The molecule has 3 aliphatic rings. The van der Waals surface area contributed by atoms with Gasteiger partial charge in [0.2, 0.25) is 5.91 Å². The average Bonchev–Trinajstić information content (AvgIpc) is 2.73. The molecule has 1 spiro atoms. The first kappa shape index (κ1) is 19.0. The number of piperidine rings is 1. The Kier molecular flexibility index (Phi) is 5.02. The van der Waals surface area contributed by atoms with Crippen molar-refractivity contribution in [3.63, 3.8) is 0 Å². The molecule has 5 heteroatoms. The Morgan fingerprint density at radius 1 is 1.07 bits per heavy atom. The van der Waals surface area contributed by atoms with E-state index in [9.17, 15) is 9.18 Å². The van der Waals surface area contributed by atoms with Gasteiger partial charge < -0.3 is 0 Å². The summed E-state index contributed by atoms with van der Waals surface area (Å²) in [6.07, 6.45) is 12.0. The van der Waals surface area contributed by atoms with Gasteiger partial charge in [-0.2, -0.15) is 0 Å². The predicted molar refractivity (Wildman–Crippen MR) is 112 cm³/mol. The highest BCUT2D eigenvalue weighted by atomic mass is 19.1. The SMILES string of the molecule is O=C(NN1CCCCC1)[C@H]1CC[C@]12CC[C@H](c1ccnc3ccc(F)cc31)CC2. The van der Waals surface area contributed by atoms with Crippen LogP contribution in [-0.4, -0.2) is 29.0 Å². The monoisotopic (exact) mass is 395 g/mol. The van der Waals surface area contributed by atoms with E-state index in [1.807, 2.05) is 6.20 Å². The molecule has 0 bridgehead atoms. The van der Waals surface area contributed by atoms with Gasteiger partial charge in [-0.3, -0.25) is 15.2 Å². The van der Waals surface area contributed by atoms with E-state index in [4.69, 9.17) is 0 Å². The molecule has 1 aromatic carbocycles. The smallest absolute Gasteiger partial charge is 0.237 e. The lowest BCUT2D eigenvalue weighted by atomic mass is 9.52. The fourth-order valence-electron chi connectivity index (χ4n) is 5.94. The molecule has 1 atom stereocenters. The Morgan fingerprint density at radius 3 is 2.55 bits per heavy atom. The fraction of sp³-hybridized carbons (Fsp3) is 0.583. The highest BCUT2D eigenvalue weighted by Gasteiger charge is 2.51. The minimum atomic E-state index is -0.201. The number of rotatable bonds is 3. The Labute approximate surface area is 171 Å². The number of hydrogen-bond donors (Lipinski definition) is 1. The first-order valence-corrected chi connectivity index (χ1v) is 11.2. The summed E-state index contributed by atoms with van der Waals surface area (Å²) in [5.41, 5.74) is 5.48. The summed E-state index contributed by atoms with van der Waals surface area (Å²) >= 11 is 0. The normalized spacial score (nSPS) is 30.2. The summed E-state index contributed by atoms with van der Waals surface area (Å²) in [4.78, 5) is 17.3. The van der Waals surface area contributed by atoms with Gasteiger partial charge in [-0.05, 0) is 92.5 Å². The lowest BCUT2D eigenvalue weighted by Crippen LogP contribution is -2.55. The van der Waals surface area contributed by atoms with Gasteiger partial charge in [0, 0.05) is 30.6 Å². The van der Waals surface area contributed by atoms with Crippen molar-refractivity contribution in [3.05, 3.63) is 41.8 Å². The van der Waals surface area contributed by atoms with Crippen molar-refractivity contribution in [1.29, 1.82) is 0 Å². The van der Waals surface area contributed by atoms with Crippen molar-refractivity contribution in [2.75, 3.05) is 13.1 Å². The molecule has 1 amide bonds. The zero-order chi connectivity index (χ0) is 19.8. The number of aromatic nitrogens is 1. The van der Waals surface area contributed by atoms with E-state index in [1.54, 1.807) is 12.1 Å². The van der Waals surface area contributed by atoms with Crippen LogP contribution in [0.15, 0.2) is 30.5 Å². The lowest BCUT2D eigenvalue weighted by molar-refractivity contribution is -0.144. The molecule has 154 valence electrons. The molecule has 4 nitrogen and oxygen atoms in total. The number of halogens is 1. The maximum Gasteiger partial charge on any atom is 0.237 e. The second-order valence-corrected chi connectivity index (χ2v) is 9.31. The lowest BCUT2D eigenvalue weighted by Gasteiger charge is -2.53. The van der Waals surface area contributed by atoms with Crippen molar-refractivity contribution in [2.45, 2.75) is 63.7 Å². The van der Waals surface area contributed by atoms with Crippen LogP contribution in [0.5, 0.6) is 0 Å². The molecule has 2 heterocycles. The number of hydrazine groups is 1. The van der Waals surface area contributed by atoms with Gasteiger partial charge in [0.15, 0.2) is 0 Å². The molecule has 0 radical (unpaired) electrons. The van der Waals surface area contributed by atoms with E-state index in [2.05, 4.69) is 21.5 Å². The largest absolute Gasteiger partial charge is 0.289 e. The number of fused-ring (bicyclic) bond motifs is 1. The van der Waals surface area contributed by atoms with Gasteiger partial charge in [0.1, 0.15) is 5.82 Å². The number of nitrogens with one attached hydrogen (secondary N) is 1. The number of carbonyl (C=O) groups is 1. The molecule has 2 aliphatic carbocycles. The van der Waals surface area contributed by atoms with E-state index in [1.165, 1.54) is 37.3 Å². The zero-order valence-corrected chi connectivity index (χ0v) is 17.0. The minimum absolute atomic E-state index is 0.164. The van der Waals surface area contributed by atoms with Crippen molar-refractivity contribution in [1.82, 2.24) is 15.4 Å². The Balaban J connectivity index is 1.27. The van der Waals surface area contributed by atoms with E-state index < -0.39 is 0 Å². The number of carbonyl (C=O) groups excluding carboxylic acids is 1. The summed E-state index contributed by atoms with van der Waals surface area (Å²) < 4.78 is 13.8. The summed E-state index contributed by atoms with van der Waals surface area (Å²) in [6, 6.07) is 6.94. The van der Waals surface area contributed by atoms with Gasteiger partial charge >= 0.3 is 0 Å². The van der Waals surface area contributed by atoms with E-state index in [0.29, 0.717) is 5.92 Å². The molecule has 1 saturated heterocycles. The maximum atomic E-state index is 13.8. The van der Waals surface area contributed by atoms with Gasteiger partial charge in [-0.25, -0.2) is 9.40 Å². The summed E-state index contributed by atoms with van der Waals surface area (Å²) in [5.74, 6) is 0.636. The van der Waals surface area contributed by atoms with Crippen LogP contribution in [0.4, 0.5) is 4.39 Å². The third-order valence-corrected chi connectivity index (χ3v) is 7.77. The van der Waals surface area contributed by atoms with Crippen LogP contribution in [0.2, 0.25) is 0 Å². The summed E-state index contributed by atoms with van der Waals surface area (Å²) in [5, 5.41) is 3.07. The Bertz CT molecular complexity index is 900. The molecule has 2 saturated carbocycles. The van der Waals surface area contributed by atoms with Gasteiger partial charge in [0.05, 0.1) is 5.52 Å². The third kappa shape index (κ3) is 3.54.